The lowest BCUT2D eigenvalue weighted by atomic mass is 9.85. The molecule has 0 spiro atoms. The second kappa shape index (κ2) is 5.73. The van der Waals surface area contributed by atoms with Crippen molar-refractivity contribution in [2.24, 2.45) is 5.41 Å². The Morgan fingerprint density at radius 1 is 1.38 bits per heavy atom. The molecule has 0 radical (unpaired) electrons. The zero-order chi connectivity index (χ0) is 15.8. The minimum Gasteiger partial charge on any atom is -0.475 e. The Hall–Kier alpha value is -0.860. The molecule has 21 heavy (non-hydrogen) atoms. The molecule has 0 atom stereocenters. The summed E-state index contributed by atoms with van der Waals surface area (Å²) in [5, 5.41) is 8.89. The molecule has 2 rings (SSSR count). The van der Waals surface area contributed by atoms with Gasteiger partial charge >= 0.3 is 5.97 Å². The third kappa shape index (κ3) is 3.49. The van der Waals surface area contributed by atoms with Gasteiger partial charge in [0.05, 0.1) is 0 Å². The molecule has 1 aliphatic rings. The summed E-state index contributed by atoms with van der Waals surface area (Å²) in [6.45, 7) is 5.11. The van der Waals surface area contributed by atoms with Gasteiger partial charge in [-0.15, -0.1) is 0 Å². The predicted molar refractivity (Wildman–Crippen MR) is 79.8 cm³/mol. The van der Waals surface area contributed by atoms with Gasteiger partial charge in [0.25, 0.3) is 0 Å². The van der Waals surface area contributed by atoms with Crippen molar-refractivity contribution in [3.05, 3.63) is 16.5 Å². The average molecular weight is 380 g/mol. The van der Waals surface area contributed by atoms with Crippen LogP contribution in [0.1, 0.15) is 43.7 Å². The average Bonchev–Trinajstić information content (AvgIpc) is 2.66. The molecule has 1 aliphatic heterocycles. The first-order valence-corrected chi connectivity index (χ1v) is 8.89. The van der Waals surface area contributed by atoms with Crippen molar-refractivity contribution < 1.29 is 22.7 Å². The number of carbonyl (C=O) groups is 1. The molecule has 0 saturated carbocycles. The lowest BCUT2D eigenvalue weighted by molar-refractivity contribution is 0.0661. The van der Waals surface area contributed by atoms with E-state index >= 15 is 0 Å². The molecule has 118 valence electrons. The first-order valence-electron chi connectivity index (χ1n) is 6.66. The van der Waals surface area contributed by atoms with Crippen molar-refractivity contribution in [1.29, 1.82) is 0 Å². The van der Waals surface area contributed by atoms with Gasteiger partial charge in [0.2, 0.25) is 15.8 Å². The Kier molecular flexibility index (Phi) is 4.51. The van der Waals surface area contributed by atoms with Crippen molar-refractivity contribution in [2.75, 3.05) is 13.1 Å². The molecule has 8 heteroatoms. The van der Waals surface area contributed by atoms with Crippen LogP contribution in [0.25, 0.3) is 0 Å². The van der Waals surface area contributed by atoms with Crippen LogP contribution >= 0.6 is 15.9 Å². The van der Waals surface area contributed by atoms with E-state index in [0.29, 0.717) is 13.1 Å². The number of hydrogen-bond donors (Lipinski definition) is 1. The largest absolute Gasteiger partial charge is 0.475 e. The van der Waals surface area contributed by atoms with Crippen LogP contribution in [0.2, 0.25) is 0 Å². The molecule has 0 bridgehead atoms. The van der Waals surface area contributed by atoms with Crippen molar-refractivity contribution >= 4 is 31.9 Å². The first kappa shape index (κ1) is 16.5. The van der Waals surface area contributed by atoms with Crippen LogP contribution in [0.15, 0.2) is 20.0 Å². The molecule has 2 heterocycles. The summed E-state index contributed by atoms with van der Waals surface area (Å²) >= 11 is 2.99. The Labute approximate surface area is 132 Å². The summed E-state index contributed by atoms with van der Waals surface area (Å²) in [5.41, 5.74) is 0.115. The third-order valence-corrected chi connectivity index (χ3v) is 6.54. The smallest absolute Gasteiger partial charge is 0.371 e. The fourth-order valence-electron chi connectivity index (χ4n) is 2.41. The summed E-state index contributed by atoms with van der Waals surface area (Å²) in [5.74, 6) is -1.69. The maximum atomic E-state index is 12.7. The van der Waals surface area contributed by atoms with Crippen LogP contribution in [0.5, 0.6) is 0 Å². The summed E-state index contributed by atoms with van der Waals surface area (Å²) in [6.07, 6.45) is 2.52. The van der Waals surface area contributed by atoms with E-state index in [1.54, 1.807) is 0 Å². The number of halogens is 1. The number of sulfonamides is 1. The molecule has 0 amide bonds. The minimum atomic E-state index is -3.75. The zero-order valence-corrected chi connectivity index (χ0v) is 14.3. The van der Waals surface area contributed by atoms with Crippen LogP contribution < -0.4 is 0 Å². The van der Waals surface area contributed by atoms with Gasteiger partial charge in [0.15, 0.2) is 4.67 Å². The normalized spacial score (nSPS) is 20.1. The van der Waals surface area contributed by atoms with Gasteiger partial charge in [0, 0.05) is 19.2 Å². The highest BCUT2D eigenvalue weighted by Crippen LogP contribution is 2.34. The van der Waals surface area contributed by atoms with E-state index in [0.717, 1.165) is 25.3 Å². The summed E-state index contributed by atoms with van der Waals surface area (Å²) in [4.78, 5) is 10.8. The van der Waals surface area contributed by atoms with Gasteiger partial charge in [-0.25, -0.2) is 13.2 Å². The van der Waals surface area contributed by atoms with Crippen LogP contribution in [-0.4, -0.2) is 36.9 Å². The SMILES string of the molecule is CC1(C)CCCN(S(=O)(=O)c2cc(C(=O)O)oc2Br)CC1. The second-order valence-electron chi connectivity index (χ2n) is 5.98. The predicted octanol–water partition coefficient (Wildman–Crippen LogP) is 2.94. The van der Waals surface area contributed by atoms with E-state index in [1.807, 2.05) is 0 Å². The molecule has 1 aromatic rings. The highest BCUT2D eigenvalue weighted by atomic mass is 79.9. The summed E-state index contributed by atoms with van der Waals surface area (Å²) < 4.78 is 31.6. The van der Waals surface area contributed by atoms with Crippen molar-refractivity contribution in [3.63, 3.8) is 0 Å². The number of rotatable bonds is 3. The molecular formula is C13H18BrNO5S. The Bertz CT molecular complexity index is 650. The molecule has 6 nitrogen and oxygen atoms in total. The third-order valence-electron chi connectivity index (χ3n) is 3.78. The highest BCUT2D eigenvalue weighted by molar-refractivity contribution is 9.10. The first-order chi connectivity index (χ1) is 9.63. The lowest BCUT2D eigenvalue weighted by Crippen LogP contribution is -2.32. The Balaban J connectivity index is 2.31. The van der Waals surface area contributed by atoms with E-state index in [1.165, 1.54) is 4.31 Å². The van der Waals surface area contributed by atoms with Crippen LogP contribution in [0, 0.1) is 5.41 Å². The highest BCUT2D eigenvalue weighted by Gasteiger charge is 2.33. The van der Waals surface area contributed by atoms with Crippen LogP contribution in [-0.2, 0) is 10.0 Å². The van der Waals surface area contributed by atoms with Crippen LogP contribution in [0.4, 0.5) is 0 Å². The van der Waals surface area contributed by atoms with Gasteiger partial charge in [-0.1, -0.05) is 13.8 Å². The number of nitrogens with zero attached hydrogens (tertiary/aromatic N) is 1. The van der Waals surface area contributed by atoms with Crippen molar-refractivity contribution in [2.45, 2.75) is 38.0 Å². The quantitative estimate of drug-likeness (QED) is 0.871. The van der Waals surface area contributed by atoms with Gasteiger partial charge in [-0.05, 0) is 40.6 Å². The van der Waals surface area contributed by atoms with Crippen LogP contribution in [0.3, 0.4) is 0 Å². The molecule has 0 unspecified atom stereocenters. The van der Waals surface area contributed by atoms with Gasteiger partial charge in [-0.2, -0.15) is 4.31 Å². The number of furan rings is 1. The molecule has 1 fully saturated rings. The van der Waals surface area contributed by atoms with Crippen molar-refractivity contribution in [1.82, 2.24) is 4.31 Å². The minimum absolute atomic E-state index is 0.0663. The zero-order valence-electron chi connectivity index (χ0n) is 11.9. The summed E-state index contributed by atoms with van der Waals surface area (Å²) in [6, 6.07) is 1.05. The van der Waals surface area contributed by atoms with E-state index in [4.69, 9.17) is 9.52 Å². The Morgan fingerprint density at radius 3 is 2.62 bits per heavy atom. The fourth-order valence-corrected chi connectivity index (χ4v) is 4.79. The van der Waals surface area contributed by atoms with E-state index in [9.17, 15) is 13.2 Å². The molecule has 1 saturated heterocycles. The molecule has 1 aromatic heterocycles. The fraction of sp³-hybridized carbons (Fsp3) is 0.615. The standard InChI is InChI=1S/C13H18BrNO5S/c1-13(2)4-3-6-15(7-5-13)21(18,19)10-8-9(12(16)17)20-11(10)14/h8H,3-7H2,1-2H3,(H,16,17). The van der Waals surface area contributed by atoms with Gasteiger partial charge in [0.1, 0.15) is 4.90 Å². The number of carboxylic acids is 1. The summed E-state index contributed by atoms with van der Waals surface area (Å²) in [7, 11) is -3.75. The number of carboxylic acid groups (broad SMARTS) is 1. The number of hydrogen-bond acceptors (Lipinski definition) is 4. The number of aromatic carboxylic acids is 1. The maximum absolute atomic E-state index is 12.7. The van der Waals surface area contributed by atoms with Gasteiger partial charge in [-0.3, -0.25) is 0 Å². The molecular weight excluding hydrogens is 362 g/mol. The topological polar surface area (TPSA) is 87.8 Å². The Morgan fingerprint density at radius 2 is 2.05 bits per heavy atom. The molecule has 0 aromatic carbocycles. The lowest BCUT2D eigenvalue weighted by Gasteiger charge is -2.22. The van der Waals surface area contributed by atoms with Crippen molar-refractivity contribution in [3.8, 4) is 0 Å². The van der Waals surface area contributed by atoms with E-state index in [2.05, 4.69) is 29.8 Å². The second-order valence-corrected chi connectivity index (χ2v) is 8.60. The van der Waals surface area contributed by atoms with E-state index in [-0.39, 0.29) is 15.0 Å². The van der Waals surface area contributed by atoms with Gasteiger partial charge < -0.3 is 9.52 Å². The monoisotopic (exact) mass is 379 g/mol. The van der Waals surface area contributed by atoms with E-state index < -0.39 is 21.8 Å². The molecule has 1 N–H and O–H groups in total. The maximum Gasteiger partial charge on any atom is 0.371 e. The molecule has 0 aliphatic carbocycles.